The zero-order valence-corrected chi connectivity index (χ0v) is 13.9. The van der Waals surface area contributed by atoms with Gasteiger partial charge in [-0.1, -0.05) is 30.3 Å². The summed E-state index contributed by atoms with van der Waals surface area (Å²) < 4.78 is 6.55. The Morgan fingerprint density at radius 2 is 1.92 bits per heavy atom. The van der Waals surface area contributed by atoms with Crippen molar-refractivity contribution in [3.63, 3.8) is 0 Å². The highest BCUT2D eigenvalue weighted by Gasteiger charge is 2.15. The summed E-state index contributed by atoms with van der Waals surface area (Å²) in [4.78, 5) is 12.8. The number of hydrogen-bond donors (Lipinski definition) is 0. The SMILES string of the molecule is N#CCOC(=O)c1ccccc1SCc1nnnn1-c1ccccc1. The molecule has 0 unspecified atom stereocenters. The quantitative estimate of drug-likeness (QED) is 0.498. The first-order valence-corrected chi connectivity index (χ1v) is 8.36. The fourth-order valence-corrected chi connectivity index (χ4v) is 3.09. The van der Waals surface area contributed by atoms with Crippen molar-refractivity contribution in [3.05, 3.63) is 66.0 Å². The number of aromatic nitrogens is 4. The van der Waals surface area contributed by atoms with E-state index in [1.165, 1.54) is 11.8 Å². The summed E-state index contributed by atoms with van der Waals surface area (Å²) in [5, 5.41) is 20.3. The number of benzene rings is 2. The maximum Gasteiger partial charge on any atom is 0.340 e. The Morgan fingerprint density at radius 3 is 2.72 bits per heavy atom. The molecule has 3 rings (SSSR count). The number of ether oxygens (including phenoxy) is 1. The van der Waals surface area contributed by atoms with E-state index < -0.39 is 5.97 Å². The fourth-order valence-electron chi connectivity index (χ4n) is 2.14. The van der Waals surface area contributed by atoms with Gasteiger partial charge in [-0.05, 0) is 34.7 Å². The molecule has 25 heavy (non-hydrogen) atoms. The molecule has 0 saturated heterocycles. The van der Waals surface area contributed by atoms with E-state index in [9.17, 15) is 4.79 Å². The Hall–Kier alpha value is -3.18. The summed E-state index contributed by atoms with van der Waals surface area (Å²) >= 11 is 1.43. The second-order valence-corrected chi connectivity index (χ2v) is 5.88. The van der Waals surface area contributed by atoms with Gasteiger partial charge in [-0.3, -0.25) is 0 Å². The first-order chi connectivity index (χ1) is 12.3. The lowest BCUT2D eigenvalue weighted by molar-refractivity contribution is 0.0551. The van der Waals surface area contributed by atoms with Gasteiger partial charge >= 0.3 is 5.97 Å². The minimum Gasteiger partial charge on any atom is -0.447 e. The predicted molar refractivity (Wildman–Crippen MR) is 91.1 cm³/mol. The number of nitrogens with zero attached hydrogens (tertiary/aromatic N) is 5. The van der Waals surface area contributed by atoms with Gasteiger partial charge in [0.05, 0.1) is 17.0 Å². The molecule has 0 N–H and O–H groups in total. The predicted octanol–water partition coefficient (Wildman–Crippen LogP) is 2.63. The van der Waals surface area contributed by atoms with Crippen LogP contribution in [0.25, 0.3) is 5.69 Å². The molecule has 8 heteroatoms. The van der Waals surface area contributed by atoms with E-state index in [1.54, 1.807) is 22.9 Å². The molecule has 0 aliphatic carbocycles. The highest BCUT2D eigenvalue weighted by atomic mass is 32.2. The molecule has 0 amide bonds. The van der Waals surface area contributed by atoms with Crippen molar-refractivity contribution in [2.45, 2.75) is 10.6 Å². The normalized spacial score (nSPS) is 10.2. The van der Waals surface area contributed by atoms with Crippen LogP contribution in [0.2, 0.25) is 0 Å². The molecule has 0 aliphatic heterocycles. The molecule has 3 aromatic rings. The molecule has 0 saturated carbocycles. The molecule has 0 aliphatic rings. The number of nitriles is 1. The van der Waals surface area contributed by atoms with Crippen molar-refractivity contribution < 1.29 is 9.53 Å². The molecular formula is C17H13N5O2S. The molecule has 1 heterocycles. The summed E-state index contributed by atoms with van der Waals surface area (Å²) in [6.07, 6.45) is 0. The van der Waals surface area contributed by atoms with Crippen LogP contribution in [0.1, 0.15) is 16.2 Å². The fraction of sp³-hybridized carbons (Fsp3) is 0.118. The summed E-state index contributed by atoms with van der Waals surface area (Å²) in [6.45, 7) is -0.274. The van der Waals surface area contributed by atoms with Gasteiger partial charge in [0.25, 0.3) is 0 Å². The number of carbonyl (C=O) groups is 1. The van der Waals surface area contributed by atoms with Crippen LogP contribution < -0.4 is 0 Å². The average Bonchev–Trinajstić information content (AvgIpc) is 3.14. The third-order valence-electron chi connectivity index (χ3n) is 3.27. The van der Waals surface area contributed by atoms with Gasteiger partial charge in [0.1, 0.15) is 6.07 Å². The van der Waals surface area contributed by atoms with Crippen molar-refractivity contribution in [1.82, 2.24) is 20.2 Å². The average molecular weight is 351 g/mol. The molecule has 0 fully saturated rings. The molecule has 0 spiro atoms. The summed E-state index contributed by atoms with van der Waals surface area (Å²) in [7, 11) is 0. The number of esters is 1. The summed E-state index contributed by atoms with van der Waals surface area (Å²) in [5.41, 5.74) is 1.28. The third-order valence-corrected chi connectivity index (χ3v) is 4.34. The standard InChI is InChI=1S/C17H13N5O2S/c18-10-11-24-17(23)14-8-4-5-9-15(14)25-12-16-19-20-21-22(16)13-6-2-1-3-7-13/h1-9H,11-12H2. The number of rotatable bonds is 6. The van der Waals surface area contributed by atoms with E-state index in [1.807, 2.05) is 42.5 Å². The Kier molecular flexibility index (Phi) is 5.39. The first-order valence-electron chi connectivity index (χ1n) is 7.38. The van der Waals surface area contributed by atoms with Gasteiger partial charge < -0.3 is 4.74 Å². The van der Waals surface area contributed by atoms with Gasteiger partial charge in [-0.25, -0.2) is 4.79 Å². The van der Waals surface area contributed by atoms with E-state index in [0.29, 0.717) is 17.1 Å². The minimum absolute atomic E-state index is 0.274. The Labute approximate surface area is 148 Å². The second-order valence-electron chi connectivity index (χ2n) is 4.86. The molecule has 1 aromatic heterocycles. The largest absolute Gasteiger partial charge is 0.447 e. The van der Waals surface area contributed by atoms with E-state index >= 15 is 0 Å². The number of tetrazole rings is 1. The van der Waals surface area contributed by atoms with Crippen LogP contribution >= 0.6 is 11.8 Å². The van der Waals surface area contributed by atoms with Crippen molar-refractivity contribution in [1.29, 1.82) is 5.26 Å². The van der Waals surface area contributed by atoms with Crippen molar-refractivity contribution in [2.24, 2.45) is 0 Å². The second kappa shape index (κ2) is 8.08. The number of hydrogen-bond acceptors (Lipinski definition) is 7. The lowest BCUT2D eigenvalue weighted by Crippen LogP contribution is -2.07. The number of para-hydroxylation sites is 1. The van der Waals surface area contributed by atoms with E-state index in [-0.39, 0.29) is 6.61 Å². The van der Waals surface area contributed by atoms with Crippen LogP contribution in [0.3, 0.4) is 0 Å². The summed E-state index contributed by atoms with van der Waals surface area (Å²) in [5.74, 6) is 0.619. The van der Waals surface area contributed by atoms with Crippen molar-refractivity contribution >= 4 is 17.7 Å². The zero-order chi connectivity index (χ0) is 17.5. The third kappa shape index (κ3) is 4.02. The smallest absolute Gasteiger partial charge is 0.340 e. The number of thioether (sulfide) groups is 1. The van der Waals surface area contributed by atoms with E-state index in [2.05, 4.69) is 15.5 Å². The lowest BCUT2D eigenvalue weighted by atomic mass is 10.2. The van der Waals surface area contributed by atoms with E-state index in [0.717, 1.165) is 10.6 Å². The molecule has 124 valence electrons. The zero-order valence-electron chi connectivity index (χ0n) is 13.1. The maximum atomic E-state index is 12.0. The molecule has 2 aromatic carbocycles. The van der Waals surface area contributed by atoms with Gasteiger partial charge in [0, 0.05) is 4.90 Å². The Bertz CT molecular complexity index is 905. The van der Waals surface area contributed by atoms with Gasteiger partial charge in [-0.2, -0.15) is 9.94 Å². The van der Waals surface area contributed by atoms with Crippen molar-refractivity contribution in [3.8, 4) is 11.8 Å². The van der Waals surface area contributed by atoms with Crippen LogP contribution in [0, 0.1) is 11.3 Å². The summed E-state index contributed by atoms with van der Waals surface area (Å²) in [6, 6.07) is 18.4. The van der Waals surface area contributed by atoms with Crippen LogP contribution in [0.5, 0.6) is 0 Å². The van der Waals surface area contributed by atoms with Gasteiger partial charge in [-0.15, -0.1) is 16.9 Å². The van der Waals surface area contributed by atoms with Gasteiger partial charge in [0.15, 0.2) is 12.4 Å². The topological polar surface area (TPSA) is 93.7 Å². The molecule has 0 bridgehead atoms. The molecule has 0 atom stereocenters. The van der Waals surface area contributed by atoms with Gasteiger partial charge in [0.2, 0.25) is 0 Å². The van der Waals surface area contributed by atoms with Crippen LogP contribution in [0.4, 0.5) is 0 Å². The monoisotopic (exact) mass is 351 g/mol. The number of carbonyl (C=O) groups excluding carboxylic acids is 1. The van der Waals surface area contributed by atoms with Crippen LogP contribution in [0.15, 0.2) is 59.5 Å². The Balaban J connectivity index is 1.77. The minimum atomic E-state index is -0.521. The van der Waals surface area contributed by atoms with E-state index in [4.69, 9.17) is 10.00 Å². The van der Waals surface area contributed by atoms with Crippen molar-refractivity contribution in [2.75, 3.05) is 6.61 Å². The van der Waals surface area contributed by atoms with Crippen LogP contribution in [-0.4, -0.2) is 32.8 Å². The first kappa shape index (κ1) is 16.7. The highest BCUT2D eigenvalue weighted by molar-refractivity contribution is 7.98. The van der Waals surface area contributed by atoms with Crippen LogP contribution in [-0.2, 0) is 10.5 Å². The highest BCUT2D eigenvalue weighted by Crippen LogP contribution is 2.26. The molecular weight excluding hydrogens is 338 g/mol. The maximum absolute atomic E-state index is 12.0. The Morgan fingerprint density at radius 1 is 1.16 bits per heavy atom. The molecule has 0 radical (unpaired) electrons. The lowest BCUT2D eigenvalue weighted by Gasteiger charge is -2.08. The molecule has 7 nitrogen and oxygen atoms in total.